The van der Waals surface area contributed by atoms with E-state index in [9.17, 15) is 18.0 Å². The van der Waals surface area contributed by atoms with Crippen LogP contribution in [0.1, 0.15) is 0 Å². The second kappa shape index (κ2) is 8.37. The molecule has 0 unspecified atom stereocenters. The molecule has 31 heavy (non-hydrogen) atoms. The number of carbonyl (C=O) groups is 1. The van der Waals surface area contributed by atoms with Gasteiger partial charge in [-0.3, -0.25) is 9.36 Å². The van der Waals surface area contributed by atoms with Crippen molar-refractivity contribution in [3.05, 3.63) is 58.0 Å². The van der Waals surface area contributed by atoms with Crippen molar-refractivity contribution in [1.29, 1.82) is 0 Å². The summed E-state index contributed by atoms with van der Waals surface area (Å²) >= 11 is 6.05. The Morgan fingerprint density at radius 2 is 1.87 bits per heavy atom. The minimum atomic E-state index is -3.78. The maximum atomic E-state index is 13.1. The lowest BCUT2D eigenvalue weighted by molar-refractivity contribution is -0.141. The number of ether oxygens (including phenoxy) is 1. The molecule has 0 atom stereocenters. The Labute approximate surface area is 183 Å². The summed E-state index contributed by atoms with van der Waals surface area (Å²) in [6.45, 7) is 1.33. The van der Waals surface area contributed by atoms with Crippen LogP contribution in [0.3, 0.4) is 0 Å². The summed E-state index contributed by atoms with van der Waals surface area (Å²) < 4.78 is 38.5. The summed E-state index contributed by atoms with van der Waals surface area (Å²) in [5.74, 6) is -1.37. The van der Waals surface area contributed by atoms with Crippen LogP contribution < -0.4 is 10.7 Å². The first-order chi connectivity index (χ1) is 14.8. The van der Waals surface area contributed by atoms with E-state index in [1.807, 2.05) is 18.2 Å². The number of sulfonamides is 1. The highest BCUT2D eigenvalue weighted by Gasteiger charge is 2.29. The Balaban J connectivity index is 1.55. The molecule has 1 fully saturated rings. The van der Waals surface area contributed by atoms with Crippen molar-refractivity contribution in [2.45, 2.75) is 11.4 Å². The number of nitrogens with zero attached hydrogens (tertiary/aromatic N) is 3. The summed E-state index contributed by atoms with van der Waals surface area (Å²) in [5, 5.41) is 0.626. The van der Waals surface area contributed by atoms with Gasteiger partial charge in [-0.15, -0.1) is 0 Å². The Morgan fingerprint density at radius 3 is 2.55 bits per heavy atom. The molecule has 0 spiro atoms. The zero-order chi connectivity index (χ0) is 22.2. The highest BCUT2D eigenvalue weighted by molar-refractivity contribution is 7.89. The molecule has 0 aliphatic carbocycles. The summed E-state index contributed by atoms with van der Waals surface area (Å²) in [6.07, 6.45) is 0. The second-order valence-electron chi connectivity index (χ2n) is 7.03. The fourth-order valence-corrected chi connectivity index (χ4v) is 5.18. The molecule has 1 aliphatic heterocycles. The van der Waals surface area contributed by atoms with E-state index < -0.39 is 21.7 Å². The molecular formula is C20H20ClN3O6S. The van der Waals surface area contributed by atoms with E-state index in [4.69, 9.17) is 16.0 Å². The predicted octanol–water partition coefficient (Wildman–Crippen LogP) is 1.93. The number of methoxy groups -OCH3 is 1. The van der Waals surface area contributed by atoms with Crippen molar-refractivity contribution in [3.8, 4) is 0 Å². The molecule has 0 bridgehead atoms. The number of anilines is 1. The van der Waals surface area contributed by atoms with Crippen molar-refractivity contribution >= 4 is 44.4 Å². The van der Waals surface area contributed by atoms with Crippen LogP contribution in [0.2, 0.25) is 5.02 Å². The van der Waals surface area contributed by atoms with Crippen LogP contribution in [0, 0.1) is 0 Å². The van der Waals surface area contributed by atoms with Gasteiger partial charge in [0, 0.05) is 43.0 Å². The van der Waals surface area contributed by atoms with Gasteiger partial charge in [0.2, 0.25) is 10.0 Å². The standard InChI is InChI=1S/C20H20ClN3O6S/c1-29-19(25)13-24-17-6-5-16(12-18(17)30-20(24)26)31(27,28)23-9-7-22(8-10-23)15-4-2-3-14(21)11-15/h2-6,11-12H,7-10,13H2,1H3. The van der Waals surface area contributed by atoms with Gasteiger partial charge in [-0.25, -0.2) is 13.2 Å². The molecular weight excluding hydrogens is 446 g/mol. The number of piperazine rings is 1. The number of hydrogen-bond donors (Lipinski definition) is 0. The average molecular weight is 466 g/mol. The first-order valence-corrected chi connectivity index (χ1v) is 11.3. The molecule has 4 rings (SSSR count). The van der Waals surface area contributed by atoms with Crippen molar-refractivity contribution < 1.29 is 22.4 Å². The molecule has 1 aliphatic rings. The molecule has 0 radical (unpaired) electrons. The monoisotopic (exact) mass is 465 g/mol. The van der Waals surface area contributed by atoms with Gasteiger partial charge < -0.3 is 14.1 Å². The number of esters is 1. The molecule has 0 N–H and O–H groups in total. The number of aromatic nitrogens is 1. The quantitative estimate of drug-likeness (QED) is 0.530. The molecule has 1 saturated heterocycles. The van der Waals surface area contributed by atoms with Gasteiger partial charge in [0.25, 0.3) is 0 Å². The summed E-state index contributed by atoms with van der Waals surface area (Å²) in [6, 6.07) is 11.6. The zero-order valence-electron chi connectivity index (χ0n) is 16.7. The number of hydrogen-bond acceptors (Lipinski definition) is 7. The third kappa shape index (κ3) is 4.18. The van der Waals surface area contributed by atoms with Crippen molar-refractivity contribution in [2.24, 2.45) is 0 Å². The van der Waals surface area contributed by atoms with Gasteiger partial charge in [-0.05, 0) is 30.3 Å². The molecule has 3 aromatic rings. The smallest absolute Gasteiger partial charge is 0.420 e. The fourth-order valence-electron chi connectivity index (χ4n) is 3.56. The van der Waals surface area contributed by atoms with E-state index in [-0.39, 0.29) is 17.0 Å². The molecule has 11 heteroatoms. The number of oxazole rings is 1. The normalized spacial score (nSPS) is 15.4. The van der Waals surface area contributed by atoms with Crippen molar-refractivity contribution in [3.63, 3.8) is 0 Å². The molecule has 9 nitrogen and oxygen atoms in total. The number of halogens is 1. The predicted molar refractivity (Wildman–Crippen MR) is 115 cm³/mol. The Bertz CT molecular complexity index is 1290. The van der Waals surface area contributed by atoms with Crippen LogP contribution in [-0.2, 0) is 26.1 Å². The van der Waals surface area contributed by atoms with Gasteiger partial charge in [0.05, 0.1) is 17.5 Å². The third-order valence-corrected chi connectivity index (χ3v) is 7.33. The van der Waals surface area contributed by atoms with E-state index >= 15 is 0 Å². The lowest BCUT2D eigenvalue weighted by Gasteiger charge is -2.35. The van der Waals surface area contributed by atoms with Crippen LogP contribution in [0.4, 0.5) is 5.69 Å². The van der Waals surface area contributed by atoms with Gasteiger partial charge in [0.15, 0.2) is 5.58 Å². The first-order valence-electron chi connectivity index (χ1n) is 9.50. The lowest BCUT2D eigenvalue weighted by atomic mass is 10.2. The average Bonchev–Trinajstić information content (AvgIpc) is 3.08. The SMILES string of the molecule is COC(=O)Cn1c(=O)oc2cc(S(=O)(=O)N3CCN(c4cccc(Cl)c4)CC3)ccc21. The zero-order valence-corrected chi connectivity index (χ0v) is 18.2. The number of fused-ring (bicyclic) bond motifs is 1. The van der Waals surface area contributed by atoms with Crippen LogP contribution in [0.5, 0.6) is 0 Å². The van der Waals surface area contributed by atoms with Crippen LogP contribution >= 0.6 is 11.6 Å². The minimum Gasteiger partial charge on any atom is -0.468 e. The maximum absolute atomic E-state index is 13.1. The molecule has 2 aromatic carbocycles. The summed E-state index contributed by atoms with van der Waals surface area (Å²) in [7, 11) is -2.57. The van der Waals surface area contributed by atoms with Crippen molar-refractivity contribution in [2.75, 3.05) is 38.2 Å². The van der Waals surface area contributed by atoms with E-state index in [2.05, 4.69) is 9.64 Å². The Morgan fingerprint density at radius 1 is 1.13 bits per heavy atom. The highest BCUT2D eigenvalue weighted by atomic mass is 35.5. The van der Waals surface area contributed by atoms with Crippen molar-refractivity contribution in [1.82, 2.24) is 8.87 Å². The number of carbonyl (C=O) groups excluding carboxylic acids is 1. The van der Waals surface area contributed by atoms with Crippen LogP contribution in [0.25, 0.3) is 11.1 Å². The minimum absolute atomic E-state index is 0.0233. The van der Waals surface area contributed by atoms with Crippen LogP contribution in [-0.4, -0.2) is 56.5 Å². The van der Waals surface area contributed by atoms with E-state index in [0.29, 0.717) is 36.7 Å². The molecule has 0 amide bonds. The maximum Gasteiger partial charge on any atom is 0.420 e. The van der Waals surface area contributed by atoms with Gasteiger partial charge in [-0.2, -0.15) is 4.31 Å². The van der Waals surface area contributed by atoms with E-state index in [1.54, 1.807) is 6.07 Å². The lowest BCUT2D eigenvalue weighted by Crippen LogP contribution is -2.48. The van der Waals surface area contributed by atoms with E-state index in [0.717, 1.165) is 10.3 Å². The fraction of sp³-hybridized carbons (Fsp3) is 0.300. The molecule has 2 heterocycles. The van der Waals surface area contributed by atoms with Gasteiger partial charge >= 0.3 is 11.7 Å². The van der Waals surface area contributed by atoms with Crippen LogP contribution in [0.15, 0.2) is 56.6 Å². The Kier molecular flexibility index (Phi) is 5.78. The highest BCUT2D eigenvalue weighted by Crippen LogP contribution is 2.25. The molecule has 164 valence electrons. The molecule has 1 aromatic heterocycles. The summed E-state index contributed by atoms with van der Waals surface area (Å²) in [5.41, 5.74) is 1.35. The van der Waals surface area contributed by atoms with Gasteiger partial charge in [0.1, 0.15) is 6.54 Å². The third-order valence-electron chi connectivity index (χ3n) is 5.20. The topological polar surface area (TPSA) is 102 Å². The number of rotatable bonds is 5. The second-order valence-corrected chi connectivity index (χ2v) is 9.41. The largest absolute Gasteiger partial charge is 0.468 e. The Hall–Kier alpha value is -2.82. The first kappa shape index (κ1) is 21.4. The van der Waals surface area contributed by atoms with E-state index in [1.165, 1.54) is 29.6 Å². The van der Waals surface area contributed by atoms with Gasteiger partial charge in [-0.1, -0.05) is 17.7 Å². The molecule has 0 saturated carbocycles. The number of benzene rings is 2. The summed E-state index contributed by atoms with van der Waals surface area (Å²) in [4.78, 5) is 25.7.